The molecule has 2 heterocycles. The van der Waals surface area contributed by atoms with Crippen molar-refractivity contribution in [3.05, 3.63) is 18.2 Å². The van der Waals surface area contributed by atoms with Crippen LogP contribution in [-0.2, 0) is 0 Å². The SMILES string of the molecule is CC1CCC(n2cncc2C2CCCN2)CC1C. The van der Waals surface area contributed by atoms with Crippen molar-refractivity contribution in [2.24, 2.45) is 11.8 Å². The van der Waals surface area contributed by atoms with E-state index in [-0.39, 0.29) is 0 Å². The first-order valence-corrected chi connectivity index (χ1v) is 7.51. The Morgan fingerprint density at radius 2 is 2.11 bits per heavy atom. The van der Waals surface area contributed by atoms with Gasteiger partial charge in [0.25, 0.3) is 0 Å². The van der Waals surface area contributed by atoms with Crippen LogP contribution in [0.2, 0.25) is 0 Å². The first-order valence-electron chi connectivity index (χ1n) is 7.51. The maximum absolute atomic E-state index is 4.41. The van der Waals surface area contributed by atoms with Crippen LogP contribution in [0.1, 0.15) is 63.7 Å². The molecule has 0 bridgehead atoms. The van der Waals surface area contributed by atoms with Crippen LogP contribution in [0.25, 0.3) is 0 Å². The summed E-state index contributed by atoms with van der Waals surface area (Å²) in [7, 11) is 0. The van der Waals surface area contributed by atoms with Gasteiger partial charge in [-0.25, -0.2) is 4.98 Å². The van der Waals surface area contributed by atoms with Crippen LogP contribution in [0.5, 0.6) is 0 Å². The van der Waals surface area contributed by atoms with E-state index in [9.17, 15) is 0 Å². The molecule has 1 aromatic heterocycles. The molecule has 3 rings (SSSR count). The smallest absolute Gasteiger partial charge is 0.0951 e. The lowest BCUT2D eigenvalue weighted by Crippen LogP contribution is -2.26. The Labute approximate surface area is 110 Å². The molecule has 0 aromatic carbocycles. The molecule has 4 atom stereocenters. The predicted octanol–water partition coefficient (Wildman–Crippen LogP) is 3.30. The van der Waals surface area contributed by atoms with Gasteiger partial charge in [0.1, 0.15) is 0 Å². The number of hydrogen-bond acceptors (Lipinski definition) is 2. The molecule has 1 saturated heterocycles. The van der Waals surface area contributed by atoms with E-state index in [0.29, 0.717) is 12.1 Å². The molecule has 0 spiro atoms. The summed E-state index contributed by atoms with van der Waals surface area (Å²) in [5.74, 6) is 1.73. The predicted molar refractivity (Wildman–Crippen MR) is 73.4 cm³/mol. The largest absolute Gasteiger partial charge is 0.330 e. The second-order valence-electron chi connectivity index (χ2n) is 6.30. The Morgan fingerprint density at radius 1 is 1.22 bits per heavy atom. The molecular weight excluding hydrogens is 222 g/mol. The summed E-state index contributed by atoms with van der Waals surface area (Å²) in [6, 6.07) is 1.22. The number of hydrogen-bond donors (Lipinski definition) is 1. The van der Waals surface area contributed by atoms with E-state index in [1.165, 1.54) is 37.8 Å². The first kappa shape index (κ1) is 12.2. The molecule has 3 heteroatoms. The average Bonchev–Trinajstić information content (AvgIpc) is 3.00. The van der Waals surface area contributed by atoms with E-state index < -0.39 is 0 Å². The van der Waals surface area contributed by atoms with Gasteiger partial charge >= 0.3 is 0 Å². The van der Waals surface area contributed by atoms with Crippen molar-refractivity contribution in [1.29, 1.82) is 0 Å². The molecule has 100 valence electrons. The minimum Gasteiger partial charge on any atom is -0.330 e. The van der Waals surface area contributed by atoms with Crippen LogP contribution < -0.4 is 5.32 Å². The van der Waals surface area contributed by atoms with Crippen molar-refractivity contribution in [2.75, 3.05) is 6.54 Å². The summed E-state index contributed by atoms with van der Waals surface area (Å²) in [5.41, 5.74) is 1.42. The number of rotatable bonds is 2. The quantitative estimate of drug-likeness (QED) is 0.869. The lowest BCUT2D eigenvalue weighted by Gasteiger charge is -2.34. The second-order valence-corrected chi connectivity index (χ2v) is 6.30. The van der Waals surface area contributed by atoms with Crippen molar-refractivity contribution in [3.63, 3.8) is 0 Å². The molecule has 18 heavy (non-hydrogen) atoms. The van der Waals surface area contributed by atoms with Gasteiger partial charge in [-0.05, 0) is 50.5 Å². The number of nitrogens with one attached hydrogen (secondary N) is 1. The fourth-order valence-electron chi connectivity index (χ4n) is 3.60. The monoisotopic (exact) mass is 247 g/mol. The minimum absolute atomic E-state index is 0.544. The van der Waals surface area contributed by atoms with Gasteiger partial charge in [0.2, 0.25) is 0 Å². The van der Waals surface area contributed by atoms with Crippen LogP contribution in [-0.4, -0.2) is 16.1 Å². The van der Waals surface area contributed by atoms with Gasteiger partial charge in [-0.1, -0.05) is 13.8 Å². The Kier molecular flexibility index (Phi) is 3.42. The third-order valence-electron chi connectivity index (χ3n) is 5.08. The summed E-state index contributed by atoms with van der Waals surface area (Å²) in [4.78, 5) is 4.41. The Bertz CT molecular complexity index is 392. The molecule has 2 aliphatic rings. The Morgan fingerprint density at radius 3 is 2.83 bits per heavy atom. The number of imidazole rings is 1. The van der Waals surface area contributed by atoms with Gasteiger partial charge in [0, 0.05) is 18.3 Å². The van der Waals surface area contributed by atoms with Crippen molar-refractivity contribution in [1.82, 2.24) is 14.9 Å². The van der Waals surface area contributed by atoms with Gasteiger partial charge in [-0.2, -0.15) is 0 Å². The molecule has 1 aliphatic heterocycles. The average molecular weight is 247 g/mol. The summed E-state index contributed by atoms with van der Waals surface area (Å²) >= 11 is 0. The zero-order valence-corrected chi connectivity index (χ0v) is 11.6. The summed E-state index contributed by atoms with van der Waals surface area (Å²) in [6.07, 6.45) is 10.7. The topological polar surface area (TPSA) is 29.9 Å². The molecule has 3 nitrogen and oxygen atoms in total. The fourth-order valence-corrected chi connectivity index (χ4v) is 3.60. The Balaban J connectivity index is 1.78. The third-order valence-corrected chi connectivity index (χ3v) is 5.08. The summed E-state index contributed by atoms with van der Waals surface area (Å²) < 4.78 is 2.46. The van der Waals surface area contributed by atoms with Gasteiger partial charge in [-0.15, -0.1) is 0 Å². The van der Waals surface area contributed by atoms with Crippen LogP contribution >= 0.6 is 0 Å². The van der Waals surface area contributed by atoms with E-state index in [2.05, 4.69) is 41.2 Å². The highest BCUT2D eigenvalue weighted by molar-refractivity contribution is 5.09. The molecular formula is C15H25N3. The highest BCUT2D eigenvalue weighted by Crippen LogP contribution is 2.38. The molecule has 4 unspecified atom stereocenters. The van der Waals surface area contributed by atoms with Crippen LogP contribution in [0.4, 0.5) is 0 Å². The van der Waals surface area contributed by atoms with Crippen LogP contribution in [0, 0.1) is 11.8 Å². The molecule has 1 N–H and O–H groups in total. The van der Waals surface area contributed by atoms with Gasteiger partial charge in [0.15, 0.2) is 0 Å². The first-order chi connectivity index (χ1) is 8.75. The highest BCUT2D eigenvalue weighted by Gasteiger charge is 2.28. The van der Waals surface area contributed by atoms with E-state index in [4.69, 9.17) is 0 Å². The van der Waals surface area contributed by atoms with E-state index in [0.717, 1.165) is 18.4 Å². The van der Waals surface area contributed by atoms with E-state index >= 15 is 0 Å². The number of nitrogens with zero attached hydrogens (tertiary/aromatic N) is 2. The van der Waals surface area contributed by atoms with Gasteiger partial charge in [0.05, 0.1) is 12.0 Å². The van der Waals surface area contributed by atoms with Gasteiger partial charge in [-0.3, -0.25) is 0 Å². The number of aromatic nitrogens is 2. The maximum atomic E-state index is 4.41. The molecule has 1 saturated carbocycles. The molecule has 0 radical (unpaired) electrons. The Hall–Kier alpha value is -0.830. The van der Waals surface area contributed by atoms with Crippen molar-refractivity contribution >= 4 is 0 Å². The summed E-state index contributed by atoms with van der Waals surface area (Å²) in [5, 5.41) is 3.60. The standard InChI is InChI=1S/C15H25N3/c1-11-5-6-13(8-12(11)2)18-10-16-9-15(18)14-4-3-7-17-14/h9-14,17H,3-8H2,1-2H3. The third kappa shape index (κ3) is 2.20. The molecule has 2 fully saturated rings. The lowest BCUT2D eigenvalue weighted by atomic mass is 9.79. The normalized spacial score (nSPS) is 37.0. The zero-order chi connectivity index (χ0) is 12.5. The van der Waals surface area contributed by atoms with Crippen LogP contribution in [0.15, 0.2) is 12.5 Å². The molecule has 0 amide bonds. The van der Waals surface area contributed by atoms with Gasteiger partial charge < -0.3 is 9.88 Å². The van der Waals surface area contributed by atoms with Crippen molar-refractivity contribution in [2.45, 2.75) is 58.0 Å². The molecule has 1 aromatic rings. The zero-order valence-electron chi connectivity index (χ0n) is 11.6. The highest BCUT2D eigenvalue weighted by atomic mass is 15.1. The lowest BCUT2D eigenvalue weighted by molar-refractivity contribution is 0.206. The minimum atomic E-state index is 0.544. The fraction of sp³-hybridized carbons (Fsp3) is 0.800. The summed E-state index contributed by atoms with van der Waals surface area (Å²) in [6.45, 7) is 5.96. The van der Waals surface area contributed by atoms with E-state index in [1.807, 2.05) is 0 Å². The molecule has 1 aliphatic carbocycles. The van der Waals surface area contributed by atoms with Crippen LogP contribution in [0.3, 0.4) is 0 Å². The second kappa shape index (κ2) is 5.04. The van der Waals surface area contributed by atoms with Crippen molar-refractivity contribution < 1.29 is 0 Å². The maximum Gasteiger partial charge on any atom is 0.0951 e. The van der Waals surface area contributed by atoms with E-state index in [1.54, 1.807) is 0 Å². The van der Waals surface area contributed by atoms with Crippen molar-refractivity contribution in [3.8, 4) is 0 Å².